The molecule has 8 nitrogen and oxygen atoms in total. The van der Waals surface area contributed by atoms with Crippen LogP contribution in [0, 0.1) is 0 Å². The van der Waals surface area contributed by atoms with Crippen LogP contribution in [0.1, 0.15) is 10.5 Å². The van der Waals surface area contributed by atoms with E-state index in [-0.39, 0.29) is 24.1 Å². The molecular formula is C19H18N6O2. The van der Waals surface area contributed by atoms with E-state index in [2.05, 4.69) is 20.8 Å². The van der Waals surface area contributed by atoms with Gasteiger partial charge in [-0.2, -0.15) is 9.90 Å². The second-order valence-corrected chi connectivity index (χ2v) is 6.10. The van der Waals surface area contributed by atoms with E-state index in [1.54, 1.807) is 6.07 Å². The van der Waals surface area contributed by atoms with Gasteiger partial charge in [0, 0.05) is 13.1 Å². The zero-order valence-corrected chi connectivity index (χ0v) is 14.5. The lowest BCUT2D eigenvalue weighted by Crippen LogP contribution is -2.47. The minimum absolute atomic E-state index is 0.0341. The van der Waals surface area contributed by atoms with E-state index < -0.39 is 0 Å². The van der Waals surface area contributed by atoms with Crippen LogP contribution < -0.4 is 15.5 Å². The molecule has 0 saturated carbocycles. The molecule has 1 fully saturated rings. The van der Waals surface area contributed by atoms with Gasteiger partial charge in [0.25, 0.3) is 5.91 Å². The number of nitrogens with zero attached hydrogens (tertiary/aromatic N) is 4. The number of rotatable bonds is 4. The maximum atomic E-state index is 12.6. The molecule has 0 spiro atoms. The Bertz CT molecular complexity index is 969. The molecule has 136 valence electrons. The predicted molar refractivity (Wildman–Crippen MR) is 101 cm³/mol. The van der Waals surface area contributed by atoms with Crippen LogP contribution in [0.3, 0.4) is 0 Å². The maximum absolute atomic E-state index is 12.6. The number of benzene rings is 2. The molecule has 3 aromatic rings. The Balaban J connectivity index is 1.54. The van der Waals surface area contributed by atoms with Crippen LogP contribution in [0.2, 0.25) is 0 Å². The molecule has 0 aliphatic carbocycles. The van der Waals surface area contributed by atoms with Crippen LogP contribution in [0.4, 0.5) is 11.4 Å². The lowest BCUT2D eigenvalue weighted by molar-refractivity contribution is -0.120. The standard InChI is InChI=1S/C19H18N6O2/c26-18-13-24(11-10-20-18)17-9-5-4-8-15(17)22-19(27)16-12-21-25(23-16)14-6-2-1-3-7-14/h1-9,12H,10-11,13H2,(H,20,26)(H,22,27). The lowest BCUT2D eigenvalue weighted by atomic mass is 10.2. The molecule has 0 atom stereocenters. The van der Waals surface area contributed by atoms with E-state index in [1.165, 1.54) is 11.0 Å². The van der Waals surface area contributed by atoms with Crippen LogP contribution >= 0.6 is 0 Å². The van der Waals surface area contributed by atoms with Crippen molar-refractivity contribution in [3.8, 4) is 5.69 Å². The number of aromatic nitrogens is 3. The van der Waals surface area contributed by atoms with Gasteiger partial charge >= 0.3 is 0 Å². The van der Waals surface area contributed by atoms with E-state index in [1.807, 2.05) is 53.4 Å². The number of hydrogen-bond donors (Lipinski definition) is 2. The van der Waals surface area contributed by atoms with E-state index in [0.717, 1.165) is 11.4 Å². The summed E-state index contributed by atoms with van der Waals surface area (Å²) in [6.07, 6.45) is 1.43. The second-order valence-electron chi connectivity index (χ2n) is 6.10. The van der Waals surface area contributed by atoms with Gasteiger partial charge in [-0.15, -0.1) is 5.10 Å². The fraction of sp³-hybridized carbons (Fsp3) is 0.158. The lowest BCUT2D eigenvalue weighted by Gasteiger charge is -2.30. The van der Waals surface area contributed by atoms with Gasteiger partial charge in [0.05, 0.1) is 29.8 Å². The summed E-state index contributed by atoms with van der Waals surface area (Å²) in [5.41, 5.74) is 2.42. The quantitative estimate of drug-likeness (QED) is 0.733. The van der Waals surface area contributed by atoms with Crippen molar-refractivity contribution in [3.05, 3.63) is 66.5 Å². The average molecular weight is 362 g/mol. The molecular weight excluding hydrogens is 344 g/mol. The first-order chi connectivity index (χ1) is 13.2. The summed E-state index contributed by atoms with van der Waals surface area (Å²) in [5.74, 6) is -0.390. The number of nitrogens with one attached hydrogen (secondary N) is 2. The summed E-state index contributed by atoms with van der Waals surface area (Å²) in [6.45, 7) is 1.52. The second kappa shape index (κ2) is 7.28. The summed E-state index contributed by atoms with van der Waals surface area (Å²) >= 11 is 0. The fourth-order valence-corrected chi connectivity index (χ4v) is 2.94. The highest BCUT2D eigenvalue weighted by atomic mass is 16.2. The zero-order valence-electron chi connectivity index (χ0n) is 14.5. The third kappa shape index (κ3) is 3.64. The van der Waals surface area contributed by atoms with Gasteiger partial charge in [-0.3, -0.25) is 9.59 Å². The first-order valence-electron chi connectivity index (χ1n) is 8.60. The van der Waals surface area contributed by atoms with Gasteiger partial charge in [0.1, 0.15) is 0 Å². The molecule has 0 bridgehead atoms. The van der Waals surface area contributed by atoms with Gasteiger partial charge in [-0.1, -0.05) is 30.3 Å². The largest absolute Gasteiger partial charge is 0.359 e. The molecule has 2 aromatic carbocycles. The Labute approximate surface area is 155 Å². The molecule has 8 heteroatoms. The molecule has 1 saturated heterocycles. The highest BCUT2D eigenvalue weighted by Gasteiger charge is 2.20. The van der Waals surface area contributed by atoms with Gasteiger partial charge in [0.2, 0.25) is 5.91 Å². The third-order valence-electron chi connectivity index (χ3n) is 4.24. The van der Waals surface area contributed by atoms with Gasteiger partial charge in [0.15, 0.2) is 5.69 Å². The number of carbonyl (C=O) groups excluding carboxylic acids is 2. The van der Waals surface area contributed by atoms with Crippen molar-refractivity contribution in [1.82, 2.24) is 20.3 Å². The maximum Gasteiger partial charge on any atom is 0.277 e. The van der Waals surface area contributed by atoms with E-state index in [9.17, 15) is 9.59 Å². The Morgan fingerprint density at radius 2 is 1.85 bits per heavy atom. The SMILES string of the molecule is O=C1CN(c2ccccc2NC(=O)c2cnn(-c3ccccc3)n2)CCN1. The fourth-order valence-electron chi connectivity index (χ4n) is 2.94. The Morgan fingerprint density at radius 1 is 1.07 bits per heavy atom. The van der Waals surface area contributed by atoms with Crippen molar-refractivity contribution >= 4 is 23.2 Å². The summed E-state index contributed by atoms with van der Waals surface area (Å²) < 4.78 is 0. The molecule has 2 N–H and O–H groups in total. The van der Waals surface area contributed by atoms with E-state index in [4.69, 9.17) is 0 Å². The third-order valence-corrected chi connectivity index (χ3v) is 4.24. The molecule has 2 amide bonds. The number of para-hydroxylation sites is 3. The van der Waals surface area contributed by atoms with Crippen molar-refractivity contribution in [2.75, 3.05) is 29.9 Å². The van der Waals surface area contributed by atoms with Gasteiger partial charge < -0.3 is 15.5 Å². The number of piperazine rings is 1. The first kappa shape index (κ1) is 16.8. The number of hydrogen-bond acceptors (Lipinski definition) is 5. The summed E-state index contributed by atoms with van der Waals surface area (Å²) in [5, 5.41) is 14.1. The molecule has 4 rings (SSSR count). The summed E-state index contributed by atoms with van der Waals surface area (Å²) in [7, 11) is 0. The van der Waals surface area contributed by atoms with Crippen molar-refractivity contribution in [1.29, 1.82) is 0 Å². The van der Waals surface area contributed by atoms with Crippen molar-refractivity contribution in [2.45, 2.75) is 0 Å². The molecule has 1 aliphatic rings. The zero-order chi connectivity index (χ0) is 18.6. The highest BCUT2D eigenvalue weighted by molar-refractivity contribution is 6.04. The van der Waals surface area contributed by atoms with E-state index >= 15 is 0 Å². The normalized spacial score (nSPS) is 13.9. The number of anilines is 2. The van der Waals surface area contributed by atoms with Crippen LogP contribution in [0.25, 0.3) is 5.69 Å². The average Bonchev–Trinajstić information content (AvgIpc) is 3.19. The molecule has 0 radical (unpaired) electrons. The molecule has 0 unspecified atom stereocenters. The molecule has 2 heterocycles. The predicted octanol–water partition coefficient (Wildman–Crippen LogP) is 1.46. The minimum Gasteiger partial charge on any atom is -0.359 e. The Morgan fingerprint density at radius 3 is 2.67 bits per heavy atom. The van der Waals surface area contributed by atoms with Crippen molar-refractivity contribution < 1.29 is 9.59 Å². The van der Waals surface area contributed by atoms with Crippen molar-refractivity contribution in [2.24, 2.45) is 0 Å². The van der Waals surface area contributed by atoms with Gasteiger partial charge in [-0.25, -0.2) is 0 Å². The summed E-state index contributed by atoms with van der Waals surface area (Å²) in [6, 6.07) is 16.8. The molecule has 27 heavy (non-hydrogen) atoms. The van der Waals surface area contributed by atoms with Crippen molar-refractivity contribution in [3.63, 3.8) is 0 Å². The van der Waals surface area contributed by atoms with E-state index in [0.29, 0.717) is 18.8 Å². The molecule has 1 aliphatic heterocycles. The van der Waals surface area contributed by atoms with Crippen LogP contribution in [-0.2, 0) is 4.79 Å². The first-order valence-corrected chi connectivity index (χ1v) is 8.60. The Kier molecular flexibility index (Phi) is 4.52. The minimum atomic E-state index is -0.355. The number of amides is 2. The smallest absolute Gasteiger partial charge is 0.277 e. The van der Waals surface area contributed by atoms with Crippen LogP contribution in [-0.4, -0.2) is 46.4 Å². The van der Waals surface area contributed by atoms with Gasteiger partial charge in [-0.05, 0) is 24.3 Å². The number of carbonyl (C=O) groups is 2. The van der Waals surface area contributed by atoms with Crippen LogP contribution in [0.5, 0.6) is 0 Å². The highest BCUT2D eigenvalue weighted by Crippen LogP contribution is 2.26. The monoisotopic (exact) mass is 362 g/mol. The van der Waals surface area contributed by atoms with Crippen LogP contribution in [0.15, 0.2) is 60.8 Å². The summed E-state index contributed by atoms with van der Waals surface area (Å²) in [4.78, 5) is 27.7. The Hall–Kier alpha value is -3.68. The topological polar surface area (TPSA) is 92.2 Å². The molecule has 1 aromatic heterocycles.